The Balaban J connectivity index is 2.79. The minimum Gasteiger partial charge on any atom is -0.373 e. The van der Waals surface area contributed by atoms with E-state index in [4.69, 9.17) is 5.11 Å². The molecule has 0 aliphatic carbocycles. The summed E-state index contributed by atoms with van der Waals surface area (Å²) in [6.45, 7) is 1.36. The lowest BCUT2D eigenvalue weighted by molar-refractivity contribution is -0.146. The van der Waals surface area contributed by atoms with E-state index in [0.717, 1.165) is 17.1 Å². The molecule has 1 rings (SSSR count). The normalized spacial score (nSPS) is 20.4. The summed E-state index contributed by atoms with van der Waals surface area (Å²) in [5, 5.41) is 8.84. The molecule has 1 aliphatic heterocycles. The summed E-state index contributed by atoms with van der Waals surface area (Å²) >= 11 is 0. The molecule has 1 N–H and O–H groups in total. The number of imide groups is 1. The summed E-state index contributed by atoms with van der Waals surface area (Å²) < 4.78 is 0. The number of rotatable bonds is 1. The minimum absolute atomic E-state index is 0.458. The molecule has 10 heavy (non-hydrogen) atoms. The van der Waals surface area contributed by atoms with E-state index in [0.29, 0.717) is 0 Å². The Hall–Kier alpha value is -1.16. The first-order valence-corrected chi connectivity index (χ1v) is 2.86. The van der Waals surface area contributed by atoms with Gasteiger partial charge in [0.15, 0.2) is 0 Å². The predicted molar refractivity (Wildman–Crippen MR) is 32.7 cm³/mol. The molecule has 1 atom stereocenters. The van der Waals surface area contributed by atoms with E-state index in [1.54, 1.807) is 0 Å². The first-order valence-electron chi connectivity index (χ1n) is 2.86. The van der Waals surface area contributed by atoms with E-state index < -0.39 is 18.0 Å². The molecule has 0 saturated carbocycles. The van der Waals surface area contributed by atoms with Crippen molar-refractivity contribution in [3.8, 4) is 0 Å². The van der Waals surface area contributed by atoms with Crippen LogP contribution in [0.25, 0.3) is 0 Å². The molecule has 54 valence electrons. The summed E-state index contributed by atoms with van der Waals surface area (Å²) in [7, 11) is 0. The summed E-state index contributed by atoms with van der Waals surface area (Å²) in [4.78, 5) is 22.1. The van der Waals surface area contributed by atoms with Crippen molar-refractivity contribution in [3.63, 3.8) is 0 Å². The molecule has 1 unspecified atom stereocenters. The van der Waals surface area contributed by atoms with E-state index in [1.807, 2.05) is 0 Å². The smallest absolute Gasteiger partial charge is 0.255 e. The first kappa shape index (κ1) is 6.95. The van der Waals surface area contributed by atoms with Crippen LogP contribution in [-0.2, 0) is 9.59 Å². The monoisotopic (exact) mass is 141 g/mol. The molecular formula is C6H7NO3. The van der Waals surface area contributed by atoms with E-state index in [1.165, 1.54) is 6.92 Å². The second-order valence-electron chi connectivity index (χ2n) is 2.01. The highest BCUT2D eigenvalue weighted by Gasteiger charge is 2.26. The summed E-state index contributed by atoms with van der Waals surface area (Å²) in [5.41, 5.74) is 0. The number of hydrogen-bond acceptors (Lipinski definition) is 3. The highest BCUT2D eigenvalue weighted by molar-refractivity contribution is 6.12. The first-order chi connectivity index (χ1) is 4.63. The van der Waals surface area contributed by atoms with Gasteiger partial charge in [-0.1, -0.05) is 0 Å². The van der Waals surface area contributed by atoms with Crippen LogP contribution in [0.4, 0.5) is 0 Å². The van der Waals surface area contributed by atoms with E-state index in [-0.39, 0.29) is 0 Å². The molecule has 4 nitrogen and oxygen atoms in total. The van der Waals surface area contributed by atoms with Crippen molar-refractivity contribution in [2.24, 2.45) is 0 Å². The lowest BCUT2D eigenvalue weighted by Gasteiger charge is -2.15. The molecule has 0 aromatic rings. The van der Waals surface area contributed by atoms with Crippen molar-refractivity contribution in [3.05, 3.63) is 12.2 Å². The maximum atomic E-state index is 10.7. The van der Waals surface area contributed by atoms with Crippen LogP contribution in [0.3, 0.4) is 0 Å². The quantitative estimate of drug-likeness (QED) is 0.489. The molecule has 4 heteroatoms. The Bertz CT molecular complexity index is 189. The zero-order valence-corrected chi connectivity index (χ0v) is 5.44. The zero-order valence-electron chi connectivity index (χ0n) is 5.44. The standard InChI is InChI=1S/C6H7NO3/c1-4(8)7-5(9)2-3-6(7)10/h2-4,8H,1H3. The Morgan fingerprint density at radius 3 is 2.00 bits per heavy atom. The second kappa shape index (κ2) is 2.22. The molecule has 0 aromatic heterocycles. The Labute approximate surface area is 57.7 Å². The van der Waals surface area contributed by atoms with Gasteiger partial charge in [0.05, 0.1) is 0 Å². The Morgan fingerprint density at radius 1 is 1.40 bits per heavy atom. The van der Waals surface area contributed by atoms with Crippen molar-refractivity contribution in [2.45, 2.75) is 13.2 Å². The molecule has 1 aliphatic rings. The maximum absolute atomic E-state index is 10.7. The second-order valence-corrected chi connectivity index (χ2v) is 2.01. The molecule has 0 aromatic carbocycles. The van der Waals surface area contributed by atoms with Crippen LogP contribution < -0.4 is 0 Å². The van der Waals surface area contributed by atoms with Gasteiger partial charge in [-0.2, -0.15) is 0 Å². The molecule has 0 bridgehead atoms. The van der Waals surface area contributed by atoms with Crippen molar-refractivity contribution in [1.82, 2.24) is 4.90 Å². The topological polar surface area (TPSA) is 57.6 Å². The van der Waals surface area contributed by atoms with Crippen LogP contribution in [0, 0.1) is 0 Å². The summed E-state index contributed by atoms with van der Waals surface area (Å²) in [5.74, 6) is -0.917. The van der Waals surface area contributed by atoms with Crippen molar-refractivity contribution in [1.29, 1.82) is 0 Å². The van der Waals surface area contributed by atoms with Gasteiger partial charge in [0, 0.05) is 12.2 Å². The summed E-state index contributed by atoms with van der Waals surface area (Å²) in [6.07, 6.45) is 1.24. The van der Waals surface area contributed by atoms with Crippen LogP contribution in [0.1, 0.15) is 6.92 Å². The van der Waals surface area contributed by atoms with Gasteiger partial charge in [-0.25, -0.2) is 4.90 Å². The highest BCUT2D eigenvalue weighted by atomic mass is 16.3. The van der Waals surface area contributed by atoms with Crippen LogP contribution in [0.15, 0.2) is 12.2 Å². The van der Waals surface area contributed by atoms with Gasteiger partial charge in [0.25, 0.3) is 11.8 Å². The van der Waals surface area contributed by atoms with Gasteiger partial charge in [-0.15, -0.1) is 0 Å². The third-order valence-corrected chi connectivity index (χ3v) is 1.22. The number of hydrogen-bond donors (Lipinski definition) is 1. The van der Waals surface area contributed by atoms with Crippen molar-refractivity contribution >= 4 is 11.8 Å². The molecular weight excluding hydrogens is 134 g/mol. The summed E-state index contributed by atoms with van der Waals surface area (Å²) in [6, 6.07) is 0. The molecule has 0 spiro atoms. The number of aliphatic hydroxyl groups is 1. The lowest BCUT2D eigenvalue weighted by atomic mass is 10.5. The Kier molecular flexibility index (Phi) is 1.55. The van der Waals surface area contributed by atoms with Gasteiger partial charge in [0.2, 0.25) is 0 Å². The fourth-order valence-electron chi connectivity index (χ4n) is 0.780. The highest BCUT2D eigenvalue weighted by Crippen LogP contribution is 2.05. The fraction of sp³-hybridized carbons (Fsp3) is 0.333. The van der Waals surface area contributed by atoms with E-state index >= 15 is 0 Å². The van der Waals surface area contributed by atoms with E-state index in [9.17, 15) is 9.59 Å². The fourth-order valence-corrected chi connectivity index (χ4v) is 0.780. The molecule has 0 radical (unpaired) electrons. The molecule has 0 saturated heterocycles. The Morgan fingerprint density at radius 2 is 1.80 bits per heavy atom. The number of carbonyl (C=O) groups excluding carboxylic acids is 2. The van der Waals surface area contributed by atoms with Crippen molar-refractivity contribution < 1.29 is 14.7 Å². The third kappa shape index (κ3) is 0.930. The predicted octanol–water partition coefficient (Wildman–Crippen LogP) is -0.750. The minimum atomic E-state index is -1.03. The van der Waals surface area contributed by atoms with Crippen LogP contribution in [0.5, 0.6) is 0 Å². The van der Waals surface area contributed by atoms with Crippen LogP contribution >= 0.6 is 0 Å². The van der Waals surface area contributed by atoms with Crippen LogP contribution in [0.2, 0.25) is 0 Å². The molecule has 1 heterocycles. The molecule has 2 amide bonds. The molecule has 0 fully saturated rings. The van der Waals surface area contributed by atoms with Gasteiger partial charge < -0.3 is 5.11 Å². The average Bonchev–Trinajstić information content (AvgIpc) is 2.11. The van der Waals surface area contributed by atoms with Crippen molar-refractivity contribution in [2.75, 3.05) is 0 Å². The lowest BCUT2D eigenvalue weighted by Crippen LogP contribution is -2.37. The largest absolute Gasteiger partial charge is 0.373 e. The average molecular weight is 141 g/mol. The van der Waals surface area contributed by atoms with Crippen LogP contribution in [-0.4, -0.2) is 28.0 Å². The number of nitrogens with zero attached hydrogens (tertiary/aromatic N) is 1. The van der Waals surface area contributed by atoms with Gasteiger partial charge in [-0.05, 0) is 6.92 Å². The maximum Gasteiger partial charge on any atom is 0.255 e. The SMILES string of the molecule is CC(O)N1C(=O)C=CC1=O. The number of aliphatic hydroxyl groups excluding tert-OH is 1. The third-order valence-electron chi connectivity index (χ3n) is 1.22. The van der Waals surface area contributed by atoms with Gasteiger partial charge in [-0.3, -0.25) is 9.59 Å². The van der Waals surface area contributed by atoms with E-state index in [2.05, 4.69) is 0 Å². The van der Waals surface area contributed by atoms with Gasteiger partial charge >= 0.3 is 0 Å². The van der Waals surface area contributed by atoms with Gasteiger partial charge in [0.1, 0.15) is 6.23 Å². The number of carbonyl (C=O) groups is 2. The zero-order chi connectivity index (χ0) is 7.72. The number of amides is 2.